The molecule has 2 aromatic carbocycles. The summed E-state index contributed by atoms with van der Waals surface area (Å²) < 4.78 is 5.89. The van der Waals surface area contributed by atoms with Gasteiger partial charge >= 0.3 is 0 Å². The second-order valence-corrected chi connectivity index (χ2v) is 6.36. The molecule has 0 radical (unpaired) electrons. The van der Waals surface area contributed by atoms with Crippen molar-refractivity contribution >= 4 is 11.6 Å². The second kappa shape index (κ2) is 8.70. The summed E-state index contributed by atoms with van der Waals surface area (Å²) in [5.41, 5.74) is 3.87. The predicted molar refractivity (Wildman–Crippen MR) is 102 cm³/mol. The monoisotopic (exact) mass is 321 g/mol. The van der Waals surface area contributed by atoms with E-state index in [2.05, 4.69) is 72.5 Å². The highest BCUT2D eigenvalue weighted by molar-refractivity contribution is 5.81. The molecule has 0 aromatic heterocycles. The van der Waals surface area contributed by atoms with Gasteiger partial charge in [0.25, 0.3) is 0 Å². The highest BCUT2D eigenvalue weighted by Gasteiger charge is 2.10. The molecule has 1 aliphatic heterocycles. The lowest BCUT2D eigenvalue weighted by Gasteiger charge is -2.15. The molecular weight excluding hydrogens is 294 g/mol. The van der Waals surface area contributed by atoms with E-state index in [4.69, 9.17) is 4.74 Å². The molecule has 126 valence electrons. The minimum atomic E-state index is 0.778. The number of hydrogen-bond acceptors (Lipinski definition) is 2. The van der Waals surface area contributed by atoms with E-state index < -0.39 is 0 Å². The average molecular weight is 321 g/mol. The first kappa shape index (κ1) is 16.8. The van der Waals surface area contributed by atoms with Gasteiger partial charge in [-0.2, -0.15) is 0 Å². The van der Waals surface area contributed by atoms with Gasteiger partial charge in [-0.15, -0.1) is 0 Å². The van der Waals surface area contributed by atoms with Crippen molar-refractivity contribution in [3.63, 3.8) is 0 Å². The molecule has 0 amide bonds. The fraction of sp³-hybridized carbons (Fsp3) is 0.364. The highest BCUT2D eigenvalue weighted by atomic mass is 16.5. The van der Waals surface area contributed by atoms with E-state index in [1.54, 1.807) is 0 Å². The quantitative estimate of drug-likeness (QED) is 0.657. The minimum Gasteiger partial charge on any atom is -0.492 e. The molecule has 1 aliphatic rings. The topological polar surface area (TPSA) is 12.5 Å². The van der Waals surface area contributed by atoms with Gasteiger partial charge < -0.3 is 4.74 Å². The van der Waals surface area contributed by atoms with Crippen LogP contribution in [0.2, 0.25) is 0 Å². The van der Waals surface area contributed by atoms with Gasteiger partial charge in [0.05, 0.1) is 0 Å². The van der Waals surface area contributed by atoms with E-state index in [1.165, 1.54) is 42.6 Å². The molecule has 3 rings (SSSR count). The molecule has 2 aromatic rings. The molecule has 0 saturated carbocycles. The lowest BCUT2D eigenvalue weighted by atomic mass is 10.0. The zero-order chi connectivity index (χ0) is 16.6. The Bertz CT molecular complexity index is 639. The van der Waals surface area contributed by atoms with E-state index in [0.717, 1.165) is 25.3 Å². The molecule has 2 heteroatoms. The first-order valence-electron chi connectivity index (χ1n) is 9.06. The molecule has 0 aliphatic carbocycles. The van der Waals surface area contributed by atoms with Crippen LogP contribution >= 0.6 is 0 Å². The van der Waals surface area contributed by atoms with Crippen molar-refractivity contribution in [2.75, 3.05) is 26.2 Å². The van der Waals surface area contributed by atoms with Crippen LogP contribution < -0.4 is 4.74 Å². The summed E-state index contributed by atoms with van der Waals surface area (Å²) >= 11 is 0. The summed E-state index contributed by atoms with van der Waals surface area (Å²) in [6.45, 7) is 6.48. The van der Waals surface area contributed by atoms with Crippen LogP contribution in [0.15, 0.2) is 54.6 Å². The van der Waals surface area contributed by atoms with Crippen LogP contribution in [0, 0.1) is 0 Å². The van der Waals surface area contributed by atoms with E-state index in [-0.39, 0.29) is 0 Å². The van der Waals surface area contributed by atoms with E-state index in [9.17, 15) is 0 Å². The minimum absolute atomic E-state index is 0.778. The first-order valence-corrected chi connectivity index (χ1v) is 9.06. The molecule has 1 saturated heterocycles. The van der Waals surface area contributed by atoms with Crippen molar-refractivity contribution in [3.05, 3.63) is 65.7 Å². The predicted octanol–water partition coefficient (Wildman–Crippen LogP) is 5.11. The Labute approximate surface area is 145 Å². The third kappa shape index (κ3) is 4.72. The number of hydrogen-bond donors (Lipinski definition) is 0. The van der Waals surface area contributed by atoms with Gasteiger partial charge in [0.1, 0.15) is 12.4 Å². The Balaban J connectivity index is 1.59. The van der Waals surface area contributed by atoms with Gasteiger partial charge in [0.15, 0.2) is 0 Å². The summed E-state index contributed by atoms with van der Waals surface area (Å²) in [5.74, 6) is 0.966. The first-order chi connectivity index (χ1) is 11.8. The Morgan fingerprint density at radius 3 is 2.38 bits per heavy atom. The van der Waals surface area contributed by atoms with Crippen LogP contribution in [0.1, 0.15) is 37.3 Å². The molecule has 1 heterocycles. The molecule has 0 bridgehead atoms. The Hall–Kier alpha value is -2.06. The number of ether oxygens (including phenoxy) is 1. The summed E-state index contributed by atoms with van der Waals surface area (Å²) in [4.78, 5) is 2.48. The maximum absolute atomic E-state index is 5.89. The maximum Gasteiger partial charge on any atom is 0.119 e. The molecule has 0 atom stereocenters. The van der Waals surface area contributed by atoms with Gasteiger partial charge in [-0.25, -0.2) is 0 Å². The average Bonchev–Trinajstić information content (AvgIpc) is 3.15. The van der Waals surface area contributed by atoms with Crippen molar-refractivity contribution in [1.29, 1.82) is 0 Å². The van der Waals surface area contributed by atoms with Crippen LogP contribution in [-0.2, 0) is 0 Å². The van der Waals surface area contributed by atoms with E-state index in [0.29, 0.717) is 0 Å². The number of likely N-dealkylation sites (tertiary alicyclic amines) is 1. The van der Waals surface area contributed by atoms with Crippen LogP contribution in [0.4, 0.5) is 0 Å². The van der Waals surface area contributed by atoms with Crippen molar-refractivity contribution in [3.8, 4) is 5.75 Å². The highest BCUT2D eigenvalue weighted by Crippen LogP contribution is 2.23. The van der Waals surface area contributed by atoms with Crippen LogP contribution in [-0.4, -0.2) is 31.1 Å². The van der Waals surface area contributed by atoms with Crippen molar-refractivity contribution < 1.29 is 4.74 Å². The lowest BCUT2D eigenvalue weighted by Crippen LogP contribution is -2.25. The van der Waals surface area contributed by atoms with Gasteiger partial charge in [-0.3, -0.25) is 4.90 Å². The number of benzene rings is 2. The fourth-order valence-electron chi connectivity index (χ4n) is 3.20. The largest absolute Gasteiger partial charge is 0.492 e. The van der Waals surface area contributed by atoms with Gasteiger partial charge in [-0.05, 0) is 61.2 Å². The Morgan fingerprint density at radius 2 is 1.71 bits per heavy atom. The maximum atomic E-state index is 5.89. The number of nitrogens with zero attached hydrogens (tertiary/aromatic N) is 1. The Kier molecular flexibility index (Phi) is 6.08. The third-order valence-corrected chi connectivity index (χ3v) is 4.62. The standard InChI is InChI=1S/C22H27NO/c1-2-20(18-19-8-4-3-5-9-19)21-10-12-22(13-11-21)24-17-16-23-14-6-7-15-23/h3-5,8-13,18H,2,6-7,14-17H2,1H3/b20-18+. The molecule has 0 spiro atoms. The summed E-state index contributed by atoms with van der Waals surface area (Å²) in [6, 6.07) is 19.0. The molecule has 1 fully saturated rings. The van der Waals surface area contributed by atoms with Gasteiger partial charge in [0, 0.05) is 6.54 Å². The van der Waals surface area contributed by atoms with Crippen LogP contribution in [0.5, 0.6) is 5.75 Å². The van der Waals surface area contributed by atoms with Crippen LogP contribution in [0.25, 0.3) is 11.6 Å². The van der Waals surface area contributed by atoms with Crippen molar-refractivity contribution in [2.24, 2.45) is 0 Å². The molecular formula is C22H27NO. The third-order valence-electron chi connectivity index (χ3n) is 4.62. The van der Waals surface area contributed by atoms with Crippen LogP contribution in [0.3, 0.4) is 0 Å². The van der Waals surface area contributed by atoms with Crippen molar-refractivity contribution in [1.82, 2.24) is 4.90 Å². The number of allylic oxidation sites excluding steroid dienone is 1. The number of rotatable bonds is 7. The summed E-state index contributed by atoms with van der Waals surface area (Å²) in [7, 11) is 0. The normalized spacial score (nSPS) is 15.6. The van der Waals surface area contributed by atoms with Gasteiger partial charge in [0.2, 0.25) is 0 Å². The van der Waals surface area contributed by atoms with Gasteiger partial charge in [-0.1, -0.05) is 55.5 Å². The van der Waals surface area contributed by atoms with E-state index in [1.807, 2.05) is 0 Å². The molecule has 0 unspecified atom stereocenters. The molecule has 24 heavy (non-hydrogen) atoms. The van der Waals surface area contributed by atoms with Crippen molar-refractivity contribution in [2.45, 2.75) is 26.2 Å². The second-order valence-electron chi connectivity index (χ2n) is 6.36. The molecule has 2 nitrogen and oxygen atoms in total. The smallest absolute Gasteiger partial charge is 0.119 e. The zero-order valence-corrected chi connectivity index (χ0v) is 14.6. The zero-order valence-electron chi connectivity index (χ0n) is 14.6. The molecule has 0 N–H and O–H groups in total. The SMILES string of the molecule is CC/C(=C\c1ccccc1)c1ccc(OCCN2CCCC2)cc1. The Morgan fingerprint density at radius 1 is 1.00 bits per heavy atom. The summed E-state index contributed by atoms with van der Waals surface area (Å²) in [6.07, 6.45) is 5.96. The lowest BCUT2D eigenvalue weighted by molar-refractivity contribution is 0.238. The summed E-state index contributed by atoms with van der Waals surface area (Å²) in [5, 5.41) is 0. The van der Waals surface area contributed by atoms with E-state index >= 15 is 0 Å². The fourth-order valence-corrected chi connectivity index (χ4v) is 3.20.